The standard InChI is InChI=1S/C51H105N7O3/c1-7-10-13-16-19-22-25-28-31-46(4)55-49(59)34-37-52-39-40-54-42-45-58(43-36-51(61)57-48(6)33-30-27-24-21-18-15-12-9-3)44-41-53-38-35-50(60)56-47(5)32-29-26-23-20-17-14-11-8-2/h46-48,52-54H,7-45H2,1-6H3,(H,55,59)(H,56,60)(H,57,61). The van der Waals surface area contributed by atoms with Gasteiger partial charge in [-0.25, -0.2) is 0 Å². The molecule has 6 N–H and O–H groups in total. The second kappa shape index (κ2) is 46.2. The van der Waals surface area contributed by atoms with Gasteiger partial charge < -0.3 is 36.8 Å². The lowest BCUT2D eigenvalue weighted by atomic mass is 10.1. The predicted molar refractivity (Wildman–Crippen MR) is 263 cm³/mol. The van der Waals surface area contributed by atoms with Crippen LogP contribution < -0.4 is 31.9 Å². The molecule has 0 aliphatic carbocycles. The molecule has 0 saturated heterocycles. The molecule has 10 nitrogen and oxygen atoms in total. The van der Waals surface area contributed by atoms with Crippen molar-refractivity contribution >= 4 is 17.7 Å². The molecule has 3 unspecified atom stereocenters. The highest BCUT2D eigenvalue weighted by atomic mass is 16.2. The van der Waals surface area contributed by atoms with Crippen LogP contribution in [0.25, 0.3) is 0 Å². The fourth-order valence-electron chi connectivity index (χ4n) is 8.04. The van der Waals surface area contributed by atoms with Crippen LogP contribution in [0.3, 0.4) is 0 Å². The van der Waals surface area contributed by atoms with Crippen LogP contribution >= 0.6 is 0 Å². The lowest BCUT2D eigenvalue weighted by Gasteiger charge is -2.23. The number of rotatable bonds is 48. The molecule has 61 heavy (non-hydrogen) atoms. The summed E-state index contributed by atoms with van der Waals surface area (Å²) in [5.74, 6) is 0.385. The maximum absolute atomic E-state index is 12.9. The van der Waals surface area contributed by atoms with Crippen molar-refractivity contribution in [2.45, 2.75) is 252 Å². The summed E-state index contributed by atoms with van der Waals surface area (Å²) in [7, 11) is 0. The van der Waals surface area contributed by atoms with Gasteiger partial charge in [-0.3, -0.25) is 14.4 Å². The minimum Gasteiger partial charge on any atom is -0.354 e. The Kier molecular flexibility index (Phi) is 44.9. The van der Waals surface area contributed by atoms with Crippen molar-refractivity contribution in [1.82, 2.24) is 36.8 Å². The summed E-state index contributed by atoms with van der Waals surface area (Å²) in [4.78, 5) is 40.3. The minimum absolute atomic E-state index is 0.122. The average Bonchev–Trinajstić information content (AvgIpc) is 3.23. The van der Waals surface area contributed by atoms with Crippen molar-refractivity contribution in [3.63, 3.8) is 0 Å². The van der Waals surface area contributed by atoms with E-state index in [9.17, 15) is 14.4 Å². The van der Waals surface area contributed by atoms with Gasteiger partial charge >= 0.3 is 0 Å². The number of carbonyl (C=O) groups is 3. The molecule has 0 radical (unpaired) electrons. The minimum atomic E-state index is 0.122. The highest BCUT2D eigenvalue weighted by Gasteiger charge is 2.12. The van der Waals surface area contributed by atoms with Gasteiger partial charge in [-0.15, -0.1) is 0 Å². The van der Waals surface area contributed by atoms with E-state index in [1.165, 1.54) is 154 Å². The lowest BCUT2D eigenvalue weighted by molar-refractivity contribution is -0.122. The Morgan fingerprint density at radius 3 is 0.967 bits per heavy atom. The second-order valence-corrected chi connectivity index (χ2v) is 18.5. The molecule has 0 aromatic heterocycles. The number of hydrogen-bond donors (Lipinski definition) is 6. The Morgan fingerprint density at radius 2 is 0.623 bits per heavy atom. The normalized spacial score (nSPS) is 13.0. The van der Waals surface area contributed by atoms with Gasteiger partial charge in [0.15, 0.2) is 0 Å². The van der Waals surface area contributed by atoms with E-state index < -0.39 is 0 Å². The monoisotopic (exact) mass is 864 g/mol. The molecule has 10 heteroatoms. The predicted octanol–water partition coefficient (Wildman–Crippen LogP) is 10.3. The molecule has 0 saturated carbocycles. The first-order valence-electron chi connectivity index (χ1n) is 26.4. The van der Waals surface area contributed by atoms with Crippen LogP contribution in [0.1, 0.15) is 234 Å². The lowest BCUT2D eigenvalue weighted by Crippen LogP contribution is -2.41. The fourth-order valence-corrected chi connectivity index (χ4v) is 8.04. The molecular weight excluding hydrogens is 759 g/mol. The highest BCUT2D eigenvalue weighted by Crippen LogP contribution is 2.13. The van der Waals surface area contributed by atoms with Gasteiger partial charge in [0.25, 0.3) is 0 Å². The van der Waals surface area contributed by atoms with Crippen LogP contribution in [0.4, 0.5) is 0 Å². The second-order valence-electron chi connectivity index (χ2n) is 18.5. The topological polar surface area (TPSA) is 127 Å². The molecular formula is C51H105N7O3. The first-order valence-corrected chi connectivity index (χ1v) is 26.4. The van der Waals surface area contributed by atoms with E-state index in [-0.39, 0.29) is 35.8 Å². The Balaban J connectivity index is 4.43. The Labute approximate surface area is 379 Å². The van der Waals surface area contributed by atoms with Gasteiger partial charge in [0, 0.05) is 96.3 Å². The van der Waals surface area contributed by atoms with Gasteiger partial charge in [0.05, 0.1) is 0 Å². The molecule has 0 fully saturated rings. The average molecular weight is 864 g/mol. The molecule has 0 aliphatic rings. The van der Waals surface area contributed by atoms with E-state index in [1.54, 1.807) is 0 Å². The first kappa shape index (κ1) is 59.2. The van der Waals surface area contributed by atoms with E-state index in [4.69, 9.17) is 0 Å². The maximum Gasteiger partial charge on any atom is 0.221 e. The number of nitrogens with one attached hydrogen (secondary N) is 6. The zero-order valence-electron chi connectivity index (χ0n) is 41.5. The van der Waals surface area contributed by atoms with Crippen molar-refractivity contribution in [2.24, 2.45) is 0 Å². The summed E-state index contributed by atoms with van der Waals surface area (Å²) in [5.41, 5.74) is 0. The van der Waals surface area contributed by atoms with Crippen molar-refractivity contribution in [2.75, 3.05) is 58.9 Å². The summed E-state index contributed by atoms with van der Waals surface area (Å²) in [5, 5.41) is 20.0. The van der Waals surface area contributed by atoms with Crippen molar-refractivity contribution in [1.29, 1.82) is 0 Å². The first-order chi connectivity index (χ1) is 29.7. The van der Waals surface area contributed by atoms with Crippen LogP contribution in [0, 0.1) is 0 Å². The fraction of sp³-hybridized carbons (Fsp3) is 0.941. The van der Waals surface area contributed by atoms with Gasteiger partial charge in [0.1, 0.15) is 0 Å². The molecule has 0 aromatic carbocycles. The molecule has 362 valence electrons. The van der Waals surface area contributed by atoms with E-state index in [2.05, 4.69) is 78.3 Å². The summed E-state index contributed by atoms with van der Waals surface area (Å²) < 4.78 is 0. The van der Waals surface area contributed by atoms with Gasteiger partial charge in [-0.1, -0.05) is 175 Å². The third kappa shape index (κ3) is 44.6. The van der Waals surface area contributed by atoms with Crippen LogP contribution in [0.5, 0.6) is 0 Å². The molecule has 0 heterocycles. The number of amides is 3. The molecule has 0 spiro atoms. The SMILES string of the molecule is CCCCCCCCCCC(C)NC(=O)CCNCCNCCN(CCNCCC(=O)NC(C)CCCCCCCCCC)CCC(=O)NC(C)CCCCCCCCCC. The van der Waals surface area contributed by atoms with Gasteiger partial charge in [-0.2, -0.15) is 0 Å². The summed E-state index contributed by atoms with van der Waals surface area (Å²) >= 11 is 0. The summed E-state index contributed by atoms with van der Waals surface area (Å²) in [6.07, 6.45) is 36.0. The summed E-state index contributed by atoms with van der Waals surface area (Å²) in [6.45, 7) is 20.1. The third-order valence-electron chi connectivity index (χ3n) is 12.1. The molecule has 0 aromatic rings. The van der Waals surface area contributed by atoms with Crippen LogP contribution in [-0.2, 0) is 14.4 Å². The smallest absolute Gasteiger partial charge is 0.221 e. The van der Waals surface area contributed by atoms with Crippen molar-refractivity contribution in [3.05, 3.63) is 0 Å². The third-order valence-corrected chi connectivity index (χ3v) is 12.1. The van der Waals surface area contributed by atoms with E-state index in [0.29, 0.717) is 38.9 Å². The molecule has 0 rings (SSSR count). The van der Waals surface area contributed by atoms with Crippen LogP contribution in [0.15, 0.2) is 0 Å². The maximum atomic E-state index is 12.9. The molecule has 3 amide bonds. The quantitative estimate of drug-likeness (QED) is 0.0337. The number of nitrogens with zero attached hydrogens (tertiary/aromatic N) is 1. The Morgan fingerprint density at radius 1 is 0.344 bits per heavy atom. The van der Waals surface area contributed by atoms with Gasteiger partial charge in [0.2, 0.25) is 17.7 Å². The number of hydrogen-bond acceptors (Lipinski definition) is 7. The molecule has 0 bridgehead atoms. The van der Waals surface area contributed by atoms with E-state index in [0.717, 1.165) is 58.5 Å². The zero-order chi connectivity index (χ0) is 44.9. The largest absolute Gasteiger partial charge is 0.354 e. The molecule has 0 aliphatic heterocycles. The Hall–Kier alpha value is -1.75. The van der Waals surface area contributed by atoms with Crippen LogP contribution in [-0.4, -0.2) is 99.6 Å². The van der Waals surface area contributed by atoms with E-state index in [1.807, 2.05) is 0 Å². The summed E-state index contributed by atoms with van der Waals surface area (Å²) in [6, 6.07) is 0.673. The molecule has 3 atom stereocenters. The Bertz CT molecular complexity index is 970. The zero-order valence-corrected chi connectivity index (χ0v) is 41.5. The van der Waals surface area contributed by atoms with Crippen molar-refractivity contribution in [3.8, 4) is 0 Å². The number of carbonyl (C=O) groups excluding carboxylic acids is 3. The highest BCUT2D eigenvalue weighted by molar-refractivity contribution is 5.77. The number of unbranched alkanes of at least 4 members (excludes halogenated alkanes) is 21. The van der Waals surface area contributed by atoms with Gasteiger partial charge in [-0.05, 0) is 40.0 Å². The van der Waals surface area contributed by atoms with E-state index >= 15 is 0 Å². The van der Waals surface area contributed by atoms with Crippen LogP contribution in [0.2, 0.25) is 0 Å². The van der Waals surface area contributed by atoms with Crippen molar-refractivity contribution < 1.29 is 14.4 Å².